The van der Waals surface area contributed by atoms with Gasteiger partial charge in [-0.15, -0.1) is 0 Å². The van der Waals surface area contributed by atoms with E-state index in [2.05, 4.69) is 18.0 Å². The molecule has 4 atom stereocenters. The van der Waals surface area contributed by atoms with Crippen molar-refractivity contribution >= 4 is 41.5 Å². The molecule has 2 aromatic rings. The molecule has 0 amide bonds. The highest BCUT2D eigenvalue weighted by molar-refractivity contribution is 7.99. The van der Waals surface area contributed by atoms with Crippen molar-refractivity contribution in [3.05, 3.63) is 70.1 Å². The number of carbonyl (C=O) groups is 1. The Labute approximate surface area is 179 Å². The number of carbonyl (C=O) groups excluding carboxylic acids is 1. The summed E-state index contributed by atoms with van der Waals surface area (Å²) in [6, 6.07) is 11.5. The molecule has 1 aromatic heterocycles. The van der Waals surface area contributed by atoms with Gasteiger partial charge in [0.25, 0.3) is 0 Å². The van der Waals surface area contributed by atoms with Crippen LogP contribution >= 0.6 is 35.7 Å². The zero-order valence-electron chi connectivity index (χ0n) is 15.5. The van der Waals surface area contributed by atoms with E-state index in [1.165, 1.54) is 0 Å². The number of aliphatic hydroxyl groups excluding tert-OH is 2. The average molecular weight is 437 g/mol. The Bertz CT molecular complexity index is 806. The molecule has 0 spiro atoms. The molecule has 0 aliphatic carbocycles. The molecule has 4 nitrogen and oxygen atoms in total. The number of thiol groups is 1. The topological polar surface area (TPSA) is 66.8 Å². The van der Waals surface area contributed by atoms with E-state index in [-0.39, 0.29) is 16.8 Å². The molecule has 2 N–H and O–H groups in total. The van der Waals surface area contributed by atoms with Crippen LogP contribution in [0.25, 0.3) is 0 Å². The smallest absolute Gasteiger partial charge is 0.206 e. The molecule has 1 aromatic carbocycles. The third-order valence-corrected chi connectivity index (χ3v) is 7.27. The first-order valence-electron chi connectivity index (χ1n) is 9.04. The number of benzene rings is 1. The standard InChI is InChI=1S/C21H24O4S3/c1-21(15-5-3-2-4-6-15)20(24)10-16(25-21)9-19(14-7-8-27-12-14)28-13-18(23)17(22)11-26/h2-8,10,12,17-19,22-23,26H,9,11,13H2,1H3/t17-,18-,19?,21?/m1/s1. The Balaban J connectivity index is 1.71. The van der Waals surface area contributed by atoms with Crippen LogP contribution in [0.15, 0.2) is 59.0 Å². The number of rotatable bonds is 9. The predicted molar refractivity (Wildman–Crippen MR) is 118 cm³/mol. The Morgan fingerprint density at radius 1 is 1.21 bits per heavy atom. The number of ketones is 1. The minimum absolute atomic E-state index is 0.0187. The molecular formula is C21H24O4S3. The molecule has 2 heterocycles. The van der Waals surface area contributed by atoms with Crippen LogP contribution in [0.5, 0.6) is 0 Å². The van der Waals surface area contributed by atoms with Gasteiger partial charge in [-0.05, 0) is 29.3 Å². The summed E-state index contributed by atoms with van der Waals surface area (Å²) in [5, 5.41) is 23.9. The van der Waals surface area contributed by atoms with E-state index in [1.807, 2.05) is 41.8 Å². The lowest BCUT2D eigenvalue weighted by Gasteiger charge is -2.26. The Morgan fingerprint density at radius 2 is 1.96 bits per heavy atom. The van der Waals surface area contributed by atoms with Gasteiger partial charge >= 0.3 is 0 Å². The molecule has 1 aliphatic heterocycles. The van der Waals surface area contributed by atoms with E-state index >= 15 is 0 Å². The molecule has 7 heteroatoms. The second-order valence-electron chi connectivity index (χ2n) is 6.88. The zero-order valence-corrected chi connectivity index (χ0v) is 18.1. The van der Waals surface area contributed by atoms with Crippen LogP contribution in [0.3, 0.4) is 0 Å². The molecule has 1 aliphatic rings. The molecule has 0 saturated heterocycles. The SMILES string of the molecule is CC1(c2ccccc2)OC(CC(SC[C@@H](O)[C@H](O)CS)c2ccsc2)=CC1=O. The van der Waals surface area contributed by atoms with Crippen molar-refractivity contribution in [2.24, 2.45) is 0 Å². The minimum atomic E-state index is -0.998. The number of thiophene rings is 1. The second-order valence-corrected chi connectivity index (χ2v) is 9.26. The lowest BCUT2D eigenvalue weighted by molar-refractivity contribution is -0.129. The summed E-state index contributed by atoms with van der Waals surface area (Å²) in [7, 11) is 0. The lowest BCUT2D eigenvalue weighted by Crippen LogP contribution is -2.30. The maximum absolute atomic E-state index is 12.7. The third-order valence-electron chi connectivity index (χ3n) is 4.82. The van der Waals surface area contributed by atoms with Crippen molar-refractivity contribution in [1.29, 1.82) is 0 Å². The Hall–Kier alpha value is -1.25. The van der Waals surface area contributed by atoms with Gasteiger partial charge in [0.1, 0.15) is 5.76 Å². The molecule has 0 fully saturated rings. The summed E-state index contributed by atoms with van der Waals surface area (Å²) in [5.74, 6) is 1.17. The van der Waals surface area contributed by atoms with Crippen LogP contribution in [0.2, 0.25) is 0 Å². The molecule has 3 rings (SSSR count). The van der Waals surface area contributed by atoms with Crippen LogP contribution in [-0.2, 0) is 15.1 Å². The predicted octanol–water partition coefficient (Wildman–Crippen LogP) is 3.96. The van der Waals surface area contributed by atoms with Gasteiger partial charge in [0.15, 0.2) is 5.60 Å². The van der Waals surface area contributed by atoms with Gasteiger partial charge in [-0.3, -0.25) is 4.79 Å². The molecular weight excluding hydrogens is 412 g/mol. The van der Waals surface area contributed by atoms with Gasteiger partial charge in [-0.2, -0.15) is 35.7 Å². The maximum Gasteiger partial charge on any atom is 0.206 e. The fourth-order valence-electron chi connectivity index (χ4n) is 3.05. The van der Waals surface area contributed by atoms with Crippen molar-refractivity contribution in [1.82, 2.24) is 0 Å². The van der Waals surface area contributed by atoms with Gasteiger partial charge < -0.3 is 14.9 Å². The highest BCUT2D eigenvalue weighted by atomic mass is 32.2. The van der Waals surface area contributed by atoms with E-state index in [0.29, 0.717) is 17.9 Å². The Kier molecular flexibility index (Phi) is 7.28. The number of ether oxygens (including phenoxy) is 1. The quantitative estimate of drug-likeness (QED) is 0.519. The number of hydrogen-bond donors (Lipinski definition) is 3. The van der Waals surface area contributed by atoms with Gasteiger partial charge in [0.2, 0.25) is 5.78 Å². The fraction of sp³-hybridized carbons (Fsp3) is 0.381. The molecule has 0 bridgehead atoms. The van der Waals surface area contributed by atoms with Gasteiger partial charge in [-0.25, -0.2) is 0 Å². The first kappa shape index (κ1) is 21.5. The lowest BCUT2D eigenvalue weighted by atomic mass is 9.92. The summed E-state index contributed by atoms with van der Waals surface area (Å²) in [6.07, 6.45) is 0.424. The third kappa shape index (κ3) is 4.83. The largest absolute Gasteiger partial charge is 0.479 e. The summed E-state index contributed by atoms with van der Waals surface area (Å²) in [6.45, 7) is 1.80. The highest BCUT2D eigenvalue weighted by Gasteiger charge is 2.42. The molecule has 150 valence electrons. The normalized spacial score (nSPS) is 22.4. The van der Waals surface area contributed by atoms with Crippen molar-refractivity contribution in [2.45, 2.75) is 36.4 Å². The zero-order chi connectivity index (χ0) is 20.1. The molecule has 0 saturated carbocycles. The first-order valence-corrected chi connectivity index (χ1v) is 11.7. The van der Waals surface area contributed by atoms with Crippen LogP contribution < -0.4 is 0 Å². The van der Waals surface area contributed by atoms with E-state index in [0.717, 1.165) is 11.1 Å². The molecule has 0 radical (unpaired) electrons. The van der Waals surface area contributed by atoms with E-state index in [1.54, 1.807) is 36.1 Å². The first-order chi connectivity index (χ1) is 13.4. The number of aliphatic hydroxyl groups is 2. The van der Waals surface area contributed by atoms with Crippen LogP contribution in [0.4, 0.5) is 0 Å². The van der Waals surface area contributed by atoms with E-state index in [9.17, 15) is 15.0 Å². The maximum atomic E-state index is 12.7. The van der Waals surface area contributed by atoms with E-state index < -0.39 is 17.8 Å². The average Bonchev–Trinajstić information content (AvgIpc) is 3.34. The monoisotopic (exact) mass is 436 g/mol. The number of allylic oxidation sites excluding steroid dienone is 1. The summed E-state index contributed by atoms with van der Waals surface area (Å²) in [4.78, 5) is 12.7. The highest BCUT2D eigenvalue weighted by Crippen LogP contribution is 2.42. The second kappa shape index (κ2) is 9.50. The Morgan fingerprint density at radius 3 is 2.61 bits per heavy atom. The number of thioether (sulfide) groups is 1. The van der Waals surface area contributed by atoms with Crippen molar-refractivity contribution in [3.63, 3.8) is 0 Å². The van der Waals surface area contributed by atoms with E-state index in [4.69, 9.17) is 4.74 Å². The summed E-state index contributed by atoms with van der Waals surface area (Å²) < 4.78 is 6.13. The van der Waals surface area contributed by atoms with Crippen molar-refractivity contribution in [2.75, 3.05) is 11.5 Å². The van der Waals surface area contributed by atoms with Crippen LogP contribution in [-0.4, -0.2) is 39.7 Å². The summed E-state index contributed by atoms with van der Waals surface area (Å²) >= 11 is 7.18. The molecule has 2 unspecified atom stereocenters. The van der Waals surface area contributed by atoms with Crippen LogP contribution in [0, 0.1) is 0 Å². The van der Waals surface area contributed by atoms with Crippen LogP contribution in [0.1, 0.15) is 29.7 Å². The van der Waals surface area contributed by atoms with Gasteiger partial charge in [0.05, 0.1) is 12.2 Å². The number of hydrogen-bond acceptors (Lipinski definition) is 7. The fourth-order valence-corrected chi connectivity index (χ4v) is 5.36. The van der Waals surface area contributed by atoms with Gasteiger partial charge in [0, 0.05) is 34.8 Å². The molecule has 28 heavy (non-hydrogen) atoms. The summed E-state index contributed by atoms with van der Waals surface area (Å²) in [5.41, 5.74) is 0.952. The minimum Gasteiger partial charge on any atom is -0.479 e. The van der Waals surface area contributed by atoms with Gasteiger partial charge in [-0.1, -0.05) is 30.3 Å². The van der Waals surface area contributed by atoms with Crippen molar-refractivity contribution in [3.8, 4) is 0 Å². The van der Waals surface area contributed by atoms with Crippen molar-refractivity contribution < 1.29 is 19.7 Å².